The van der Waals surface area contributed by atoms with E-state index in [1.807, 2.05) is 24.3 Å². The molecule has 0 saturated carbocycles. The maximum atomic E-state index is 11.3. The smallest absolute Gasteiger partial charge is 0.295 e. The molecule has 8 heteroatoms. The Balaban J connectivity index is 1.98. The first kappa shape index (κ1) is 19.2. The number of aryl methyl sites for hydroxylation is 1. The lowest BCUT2D eigenvalue weighted by atomic mass is 10.1. The Kier molecular flexibility index (Phi) is 5.49. The molecule has 0 saturated heterocycles. The van der Waals surface area contributed by atoms with Crippen molar-refractivity contribution in [2.24, 2.45) is 0 Å². The van der Waals surface area contributed by atoms with Crippen LogP contribution in [0.1, 0.15) is 11.3 Å². The third-order valence-corrected chi connectivity index (χ3v) is 4.35. The molecule has 8 nitrogen and oxygen atoms in total. The van der Waals surface area contributed by atoms with Crippen LogP contribution in [0, 0.1) is 17.0 Å². The van der Waals surface area contributed by atoms with Gasteiger partial charge in [-0.3, -0.25) is 10.1 Å². The van der Waals surface area contributed by atoms with Gasteiger partial charge in [0.05, 0.1) is 26.3 Å². The van der Waals surface area contributed by atoms with Crippen LogP contribution in [0.5, 0.6) is 17.2 Å². The number of hydrogen-bond donors (Lipinski definition) is 1. The third-order valence-electron chi connectivity index (χ3n) is 4.35. The van der Waals surface area contributed by atoms with E-state index in [1.54, 1.807) is 34.3 Å². The molecule has 0 atom stereocenters. The van der Waals surface area contributed by atoms with Gasteiger partial charge >= 0.3 is 0 Å². The molecule has 0 bridgehead atoms. The first-order valence-corrected chi connectivity index (χ1v) is 8.56. The summed E-state index contributed by atoms with van der Waals surface area (Å²) in [6.45, 7) is 2.26. The minimum absolute atomic E-state index is 0.0166. The fourth-order valence-electron chi connectivity index (χ4n) is 3.09. The van der Waals surface area contributed by atoms with Gasteiger partial charge in [-0.2, -0.15) is 0 Å². The summed E-state index contributed by atoms with van der Waals surface area (Å²) in [5, 5.41) is 15.3. The van der Waals surface area contributed by atoms with Crippen molar-refractivity contribution >= 4 is 22.3 Å². The predicted molar refractivity (Wildman–Crippen MR) is 107 cm³/mol. The maximum Gasteiger partial charge on any atom is 0.295 e. The van der Waals surface area contributed by atoms with Gasteiger partial charge in [-0.15, -0.1) is 0 Å². The molecule has 146 valence electrons. The molecule has 1 heterocycles. The van der Waals surface area contributed by atoms with Crippen LogP contribution < -0.4 is 19.5 Å². The maximum absolute atomic E-state index is 11.3. The highest BCUT2D eigenvalue weighted by Gasteiger charge is 2.16. The van der Waals surface area contributed by atoms with Gasteiger partial charge in [-0.25, -0.2) is 4.98 Å². The number of anilines is 1. The zero-order chi connectivity index (χ0) is 20.3. The normalized spacial score (nSPS) is 10.6. The number of para-hydroxylation sites is 1. The summed E-state index contributed by atoms with van der Waals surface area (Å²) >= 11 is 0. The van der Waals surface area contributed by atoms with Crippen molar-refractivity contribution in [2.45, 2.75) is 13.5 Å². The molecule has 0 aliphatic rings. The summed E-state index contributed by atoms with van der Waals surface area (Å²) in [6.07, 6.45) is 0. The zero-order valence-corrected chi connectivity index (χ0v) is 16.1. The molecule has 0 spiro atoms. The second kappa shape index (κ2) is 7.99. The molecule has 2 aromatic carbocycles. The van der Waals surface area contributed by atoms with Crippen molar-refractivity contribution in [2.75, 3.05) is 26.6 Å². The molecule has 1 N–H and O–H groups in total. The van der Waals surface area contributed by atoms with E-state index in [4.69, 9.17) is 14.2 Å². The van der Waals surface area contributed by atoms with Crippen LogP contribution in [0.2, 0.25) is 0 Å². The molecule has 0 fully saturated rings. The van der Waals surface area contributed by atoms with Gasteiger partial charge < -0.3 is 19.5 Å². The summed E-state index contributed by atoms with van der Waals surface area (Å²) in [5.41, 5.74) is 2.70. The molecule has 3 aromatic rings. The molecule has 0 amide bonds. The molecule has 28 heavy (non-hydrogen) atoms. The van der Waals surface area contributed by atoms with Crippen LogP contribution in [-0.2, 0) is 6.54 Å². The number of nitro groups is 1. The molecular formula is C20H21N3O5. The number of nitrogens with one attached hydrogen (secondary N) is 1. The molecule has 0 unspecified atom stereocenters. The topological polar surface area (TPSA) is 95.8 Å². The number of benzene rings is 2. The quantitative estimate of drug-likeness (QED) is 0.485. The van der Waals surface area contributed by atoms with E-state index in [0.717, 1.165) is 11.3 Å². The van der Waals surface area contributed by atoms with Crippen molar-refractivity contribution in [3.8, 4) is 17.2 Å². The summed E-state index contributed by atoms with van der Waals surface area (Å²) in [6, 6.07) is 10.5. The number of pyridine rings is 1. The molecule has 1 aromatic heterocycles. The second-order valence-corrected chi connectivity index (χ2v) is 6.13. The Morgan fingerprint density at radius 1 is 1.07 bits per heavy atom. The van der Waals surface area contributed by atoms with E-state index in [1.165, 1.54) is 6.07 Å². The van der Waals surface area contributed by atoms with Gasteiger partial charge in [0.25, 0.3) is 5.69 Å². The fraction of sp³-hybridized carbons (Fsp3) is 0.250. The minimum atomic E-state index is -0.419. The summed E-state index contributed by atoms with van der Waals surface area (Å²) in [5.74, 6) is 1.64. The molecular weight excluding hydrogens is 362 g/mol. The number of non-ortho nitro benzene ring substituents is 1. The van der Waals surface area contributed by atoms with E-state index in [-0.39, 0.29) is 5.69 Å². The van der Waals surface area contributed by atoms with Gasteiger partial charge in [-0.05, 0) is 30.7 Å². The van der Waals surface area contributed by atoms with Gasteiger partial charge in [0, 0.05) is 29.4 Å². The van der Waals surface area contributed by atoms with Crippen molar-refractivity contribution in [1.29, 1.82) is 0 Å². The second-order valence-electron chi connectivity index (χ2n) is 6.13. The van der Waals surface area contributed by atoms with E-state index in [9.17, 15) is 10.1 Å². The Morgan fingerprint density at radius 3 is 2.32 bits per heavy atom. The monoisotopic (exact) mass is 383 g/mol. The van der Waals surface area contributed by atoms with Crippen molar-refractivity contribution in [3.05, 3.63) is 57.8 Å². The molecule has 0 aliphatic heterocycles. The predicted octanol–water partition coefficient (Wildman–Crippen LogP) is 4.09. The summed E-state index contributed by atoms with van der Waals surface area (Å²) < 4.78 is 16.1. The Morgan fingerprint density at radius 2 is 1.75 bits per heavy atom. The first-order valence-electron chi connectivity index (χ1n) is 8.56. The summed E-state index contributed by atoms with van der Waals surface area (Å²) in [4.78, 5) is 15.3. The lowest BCUT2D eigenvalue weighted by molar-refractivity contribution is -0.383. The summed E-state index contributed by atoms with van der Waals surface area (Å²) in [7, 11) is 4.68. The number of rotatable bonds is 7. The molecule has 3 rings (SSSR count). The van der Waals surface area contributed by atoms with Crippen LogP contribution in [0.4, 0.5) is 11.4 Å². The van der Waals surface area contributed by atoms with Crippen molar-refractivity contribution < 1.29 is 19.1 Å². The fourth-order valence-corrected chi connectivity index (χ4v) is 3.09. The zero-order valence-electron chi connectivity index (χ0n) is 16.1. The van der Waals surface area contributed by atoms with Crippen molar-refractivity contribution in [3.63, 3.8) is 0 Å². The standard InChI is InChI=1S/C20H21N3O5/c1-12-8-15(14-6-5-7-16(23(24)25)19(14)22-12)21-11-13-9-17(26-2)20(28-4)18(10-13)27-3/h5-10H,11H2,1-4H3,(H,21,22). The first-order chi connectivity index (χ1) is 13.5. The Labute approximate surface area is 162 Å². The van der Waals surface area contributed by atoms with Crippen LogP contribution in [-0.4, -0.2) is 31.2 Å². The van der Waals surface area contributed by atoms with Gasteiger partial charge in [0.15, 0.2) is 17.0 Å². The van der Waals surface area contributed by atoms with E-state index in [0.29, 0.717) is 40.4 Å². The van der Waals surface area contributed by atoms with E-state index < -0.39 is 4.92 Å². The van der Waals surface area contributed by atoms with Crippen LogP contribution in [0.15, 0.2) is 36.4 Å². The van der Waals surface area contributed by atoms with Gasteiger partial charge in [-0.1, -0.05) is 12.1 Å². The number of methoxy groups -OCH3 is 3. The molecule has 0 aliphatic carbocycles. The van der Waals surface area contributed by atoms with Gasteiger partial charge in [0.1, 0.15) is 0 Å². The average Bonchev–Trinajstić information content (AvgIpc) is 2.70. The number of nitrogens with zero attached hydrogens (tertiary/aromatic N) is 2. The van der Waals surface area contributed by atoms with Crippen LogP contribution in [0.3, 0.4) is 0 Å². The number of nitro benzene ring substituents is 1. The number of aromatic nitrogens is 1. The number of hydrogen-bond acceptors (Lipinski definition) is 7. The van der Waals surface area contributed by atoms with E-state index in [2.05, 4.69) is 10.3 Å². The lowest BCUT2D eigenvalue weighted by Gasteiger charge is -2.15. The highest BCUT2D eigenvalue weighted by molar-refractivity contribution is 5.96. The SMILES string of the molecule is COc1cc(CNc2cc(C)nc3c([N+](=O)[O-])cccc23)cc(OC)c1OC. The van der Waals surface area contributed by atoms with Crippen LogP contribution in [0.25, 0.3) is 10.9 Å². The Bertz CT molecular complexity index is 1010. The third kappa shape index (κ3) is 3.62. The number of fused-ring (bicyclic) bond motifs is 1. The Hall–Kier alpha value is -3.55. The highest BCUT2D eigenvalue weighted by Crippen LogP contribution is 2.38. The highest BCUT2D eigenvalue weighted by atomic mass is 16.6. The van der Waals surface area contributed by atoms with Crippen LogP contribution >= 0.6 is 0 Å². The van der Waals surface area contributed by atoms with E-state index >= 15 is 0 Å². The minimum Gasteiger partial charge on any atom is -0.493 e. The van der Waals surface area contributed by atoms with Gasteiger partial charge in [0.2, 0.25) is 5.75 Å². The van der Waals surface area contributed by atoms with Crippen molar-refractivity contribution in [1.82, 2.24) is 4.98 Å². The lowest BCUT2D eigenvalue weighted by Crippen LogP contribution is -2.04. The molecule has 0 radical (unpaired) electrons. The largest absolute Gasteiger partial charge is 0.493 e. The number of ether oxygens (including phenoxy) is 3. The average molecular weight is 383 g/mol.